The Balaban J connectivity index is 2.03. The fourth-order valence-corrected chi connectivity index (χ4v) is 3.32. The molecular weight excluding hydrogens is 494 g/mol. The number of amides is 1. The molecule has 0 aliphatic heterocycles. The molecule has 0 radical (unpaired) electrons. The maximum atomic E-state index is 13.2. The van der Waals surface area contributed by atoms with Gasteiger partial charge in [0.2, 0.25) is 11.5 Å². The van der Waals surface area contributed by atoms with E-state index in [9.17, 15) is 14.4 Å². The highest BCUT2D eigenvalue weighted by molar-refractivity contribution is 8.12. The number of carbonyl (C=O) groups excluding carboxylic acids is 1. The van der Waals surface area contributed by atoms with Crippen LogP contribution in [-0.4, -0.2) is 38.5 Å². The fraction of sp³-hybridized carbons (Fsp3) is 0.182. The highest BCUT2D eigenvalue weighted by Crippen LogP contribution is 2.19. The Morgan fingerprint density at radius 3 is 2.49 bits per heavy atom. The van der Waals surface area contributed by atoms with Crippen LogP contribution in [0.3, 0.4) is 0 Å². The molecule has 0 saturated carbocycles. The summed E-state index contributed by atoms with van der Waals surface area (Å²) in [5, 5.41) is 10.6. The number of rotatable bonds is 7. The largest absolute Gasteiger partial charge is 0.433 e. The highest BCUT2D eigenvalue weighted by atomic mass is 35.5. The van der Waals surface area contributed by atoms with Crippen LogP contribution in [0.25, 0.3) is 0 Å². The molecule has 0 unspecified atom stereocenters. The number of nitrogens with zero attached hydrogens (tertiary/aromatic N) is 4. The third-order valence-corrected chi connectivity index (χ3v) is 5.36. The maximum absolute atomic E-state index is 13.2. The number of nitrogens with one attached hydrogen (secondary N) is 3. The molecule has 0 spiro atoms. The number of halogens is 1. The van der Waals surface area contributed by atoms with Crippen molar-refractivity contribution in [2.24, 2.45) is 9.39 Å². The lowest BCUT2D eigenvalue weighted by Gasteiger charge is -2.11. The molecule has 35 heavy (non-hydrogen) atoms. The average molecular weight is 516 g/mol. The third kappa shape index (κ3) is 7.04. The molecule has 182 valence electrons. The molecule has 0 saturated heterocycles. The van der Waals surface area contributed by atoms with Crippen LogP contribution >= 0.6 is 23.5 Å². The molecule has 0 bridgehead atoms. The predicted octanol–water partition coefficient (Wildman–Crippen LogP) is 2.07. The van der Waals surface area contributed by atoms with E-state index in [-0.39, 0.29) is 17.4 Å². The Hall–Kier alpha value is -3.90. The number of ether oxygens (including phenoxy) is 1. The van der Waals surface area contributed by atoms with Crippen LogP contribution in [-0.2, 0) is 17.9 Å². The molecule has 13 heteroatoms. The normalized spacial score (nSPS) is 11.6. The van der Waals surface area contributed by atoms with Crippen molar-refractivity contribution in [2.45, 2.75) is 20.0 Å². The number of hydrogen-bond acceptors (Lipinski definition) is 8. The zero-order valence-corrected chi connectivity index (χ0v) is 20.4. The van der Waals surface area contributed by atoms with E-state index in [1.165, 1.54) is 11.6 Å². The Kier molecular flexibility index (Phi) is 8.81. The van der Waals surface area contributed by atoms with Gasteiger partial charge in [-0.1, -0.05) is 23.7 Å². The predicted molar refractivity (Wildman–Crippen MR) is 136 cm³/mol. The number of aromatic nitrogens is 3. The summed E-state index contributed by atoms with van der Waals surface area (Å²) in [6, 6.07) is 13.3. The number of likely N-dealkylation sites (N-methyl/N-ethyl adjacent to an activating group) is 1. The van der Waals surface area contributed by atoms with Gasteiger partial charge in [0.15, 0.2) is 0 Å². The quantitative estimate of drug-likeness (QED) is 0.250. The molecule has 3 N–H and O–H groups in total. The minimum atomic E-state index is -0.772. The van der Waals surface area contributed by atoms with Crippen molar-refractivity contribution < 1.29 is 9.53 Å². The van der Waals surface area contributed by atoms with E-state index in [4.69, 9.17) is 21.7 Å². The molecule has 0 aliphatic rings. The van der Waals surface area contributed by atoms with E-state index < -0.39 is 23.8 Å². The van der Waals surface area contributed by atoms with E-state index in [0.29, 0.717) is 16.5 Å². The van der Waals surface area contributed by atoms with Crippen molar-refractivity contribution in [1.29, 1.82) is 5.41 Å². The first kappa shape index (κ1) is 25.7. The molecule has 1 heterocycles. The summed E-state index contributed by atoms with van der Waals surface area (Å²) in [5.74, 6) is -0.0967. The second kappa shape index (κ2) is 12.0. The molecule has 0 atom stereocenters. The minimum Gasteiger partial charge on any atom is -0.433 e. The van der Waals surface area contributed by atoms with Crippen LogP contribution in [0.4, 0.5) is 5.69 Å². The number of benzene rings is 2. The van der Waals surface area contributed by atoms with Gasteiger partial charge in [-0.25, -0.2) is 23.5 Å². The molecule has 1 aromatic heterocycles. The number of H-pyrrole nitrogens is 1. The SMILES string of the molecule is C/C=N\SC(=N)Oc1ccc(/N=c2\[nH]c(=O)n(CC(=O)NC)c(=O)n2Cc2ccc(Cl)cc2)cc1. The summed E-state index contributed by atoms with van der Waals surface area (Å²) in [6.45, 7) is 1.37. The lowest BCUT2D eigenvalue weighted by Crippen LogP contribution is -2.51. The van der Waals surface area contributed by atoms with Crippen molar-refractivity contribution in [3.8, 4) is 5.75 Å². The van der Waals surface area contributed by atoms with Gasteiger partial charge in [-0.3, -0.25) is 19.8 Å². The first-order valence-electron chi connectivity index (χ1n) is 10.3. The lowest BCUT2D eigenvalue weighted by atomic mass is 10.2. The van der Waals surface area contributed by atoms with Gasteiger partial charge in [-0.2, -0.15) is 0 Å². The molecule has 3 aromatic rings. The fourth-order valence-electron chi connectivity index (χ4n) is 2.86. The van der Waals surface area contributed by atoms with E-state index in [2.05, 4.69) is 19.7 Å². The Morgan fingerprint density at radius 2 is 1.86 bits per heavy atom. The Labute approximate surface area is 208 Å². The van der Waals surface area contributed by atoms with Gasteiger partial charge in [-0.05, 0) is 48.9 Å². The zero-order valence-electron chi connectivity index (χ0n) is 18.8. The van der Waals surface area contributed by atoms with Crippen molar-refractivity contribution in [1.82, 2.24) is 19.4 Å². The second-order valence-corrected chi connectivity index (χ2v) is 8.16. The monoisotopic (exact) mass is 515 g/mol. The number of carbonyl (C=O) groups is 1. The van der Waals surface area contributed by atoms with Crippen molar-refractivity contribution >= 4 is 46.6 Å². The van der Waals surface area contributed by atoms with Gasteiger partial charge in [-0.15, -0.1) is 0 Å². The van der Waals surface area contributed by atoms with Crippen molar-refractivity contribution in [2.75, 3.05) is 7.05 Å². The number of aromatic amines is 1. The van der Waals surface area contributed by atoms with Gasteiger partial charge in [0.05, 0.1) is 24.2 Å². The van der Waals surface area contributed by atoms with E-state index in [0.717, 1.165) is 22.1 Å². The molecule has 0 aliphatic carbocycles. The van der Waals surface area contributed by atoms with Crippen LogP contribution in [0, 0.1) is 5.41 Å². The first-order valence-corrected chi connectivity index (χ1v) is 11.4. The summed E-state index contributed by atoms with van der Waals surface area (Å²) in [7, 11) is 1.41. The third-order valence-electron chi connectivity index (χ3n) is 4.54. The van der Waals surface area contributed by atoms with Crippen LogP contribution in [0.2, 0.25) is 5.02 Å². The zero-order chi connectivity index (χ0) is 25.4. The van der Waals surface area contributed by atoms with Crippen molar-refractivity contribution in [3.05, 3.63) is 85.7 Å². The van der Waals surface area contributed by atoms with Gasteiger partial charge in [0.1, 0.15) is 12.3 Å². The molecule has 11 nitrogen and oxygen atoms in total. The minimum absolute atomic E-state index is 0.00245. The van der Waals surface area contributed by atoms with Gasteiger partial charge < -0.3 is 10.1 Å². The summed E-state index contributed by atoms with van der Waals surface area (Å²) in [4.78, 5) is 44.6. The van der Waals surface area contributed by atoms with Gasteiger partial charge in [0, 0.05) is 18.3 Å². The summed E-state index contributed by atoms with van der Waals surface area (Å²) in [5.41, 5.74) is -0.315. The van der Waals surface area contributed by atoms with E-state index in [1.807, 2.05) is 0 Å². The van der Waals surface area contributed by atoms with Crippen LogP contribution in [0.15, 0.2) is 67.5 Å². The molecule has 2 aromatic carbocycles. The molecule has 1 amide bonds. The Bertz CT molecular complexity index is 1420. The lowest BCUT2D eigenvalue weighted by molar-refractivity contribution is -0.121. The van der Waals surface area contributed by atoms with Crippen LogP contribution in [0.5, 0.6) is 5.75 Å². The highest BCUT2D eigenvalue weighted by Gasteiger charge is 2.12. The van der Waals surface area contributed by atoms with Crippen molar-refractivity contribution in [3.63, 3.8) is 0 Å². The van der Waals surface area contributed by atoms with Crippen LogP contribution < -0.4 is 27.1 Å². The van der Waals surface area contributed by atoms with E-state index >= 15 is 0 Å². The van der Waals surface area contributed by atoms with E-state index in [1.54, 1.807) is 61.7 Å². The maximum Gasteiger partial charge on any atom is 0.335 e. The molecular formula is C22H22ClN7O4S. The summed E-state index contributed by atoms with van der Waals surface area (Å²) >= 11 is 6.84. The van der Waals surface area contributed by atoms with Gasteiger partial charge in [0.25, 0.3) is 5.23 Å². The second-order valence-electron chi connectivity index (χ2n) is 6.96. The summed E-state index contributed by atoms with van der Waals surface area (Å²) < 4.78 is 11.3. The molecule has 0 fully saturated rings. The smallest absolute Gasteiger partial charge is 0.335 e. The standard InChI is InChI=1S/C22H22ClN7O4S/c1-3-26-35-19(24)34-17-10-8-16(9-11-17)27-20-28-21(32)30(13-18(31)25-2)22(33)29(20)12-14-4-6-15(23)7-5-14/h3-11,24H,12-13H2,1-2H3,(H,25,31)(H,27,28,32)/b24-19?,26-3-. The average Bonchev–Trinajstić information content (AvgIpc) is 2.85. The first-order chi connectivity index (χ1) is 16.8. The Morgan fingerprint density at radius 1 is 1.17 bits per heavy atom. The molecule has 3 rings (SSSR count). The number of hydrogen-bond donors (Lipinski definition) is 3. The summed E-state index contributed by atoms with van der Waals surface area (Å²) in [6.07, 6.45) is 1.55. The van der Waals surface area contributed by atoms with Gasteiger partial charge >= 0.3 is 11.4 Å². The topological polar surface area (TPSA) is 147 Å². The van der Waals surface area contributed by atoms with Crippen LogP contribution in [0.1, 0.15) is 12.5 Å².